The van der Waals surface area contributed by atoms with Crippen molar-refractivity contribution >= 4 is 11.6 Å². The van der Waals surface area contributed by atoms with E-state index in [1.807, 2.05) is 25.2 Å². The van der Waals surface area contributed by atoms with E-state index in [9.17, 15) is 0 Å². The standard InChI is InChI=1S/C17H21Cl/c1-5-7-15(8-6-2)17(18)16-11-9-14(10-12-16)13(3)4/h5-13,17H,1H2,2-4H3/b8-6-,15-7+. The van der Waals surface area contributed by atoms with Crippen molar-refractivity contribution in [3.05, 3.63) is 71.8 Å². The second-order valence-corrected chi connectivity index (χ2v) is 5.02. The van der Waals surface area contributed by atoms with E-state index >= 15 is 0 Å². The fourth-order valence-electron chi connectivity index (χ4n) is 1.80. The fraction of sp³-hybridized carbons (Fsp3) is 0.294. The molecule has 18 heavy (non-hydrogen) atoms. The van der Waals surface area contributed by atoms with Gasteiger partial charge in [-0.1, -0.05) is 69.0 Å². The highest BCUT2D eigenvalue weighted by Gasteiger charge is 2.11. The first-order valence-electron chi connectivity index (χ1n) is 6.29. The van der Waals surface area contributed by atoms with Gasteiger partial charge in [0.15, 0.2) is 0 Å². The maximum Gasteiger partial charge on any atom is 0.0835 e. The molecule has 0 aliphatic carbocycles. The average Bonchev–Trinajstić information content (AvgIpc) is 2.38. The molecule has 0 saturated heterocycles. The Hall–Kier alpha value is -1.27. The SMILES string of the molecule is C=C/C=C(\C=C/C)C(Cl)c1ccc(C(C)C)cc1. The molecule has 0 N–H and O–H groups in total. The molecule has 0 amide bonds. The first-order valence-corrected chi connectivity index (χ1v) is 6.73. The summed E-state index contributed by atoms with van der Waals surface area (Å²) in [7, 11) is 0. The Balaban J connectivity index is 2.98. The van der Waals surface area contributed by atoms with Gasteiger partial charge in [-0.05, 0) is 29.5 Å². The highest BCUT2D eigenvalue weighted by atomic mass is 35.5. The molecule has 1 aromatic rings. The zero-order chi connectivity index (χ0) is 13.5. The Bertz CT molecular complexity index is 435. The fourth-order valence-corrected chi connectivity index (χ4v) is 2.09. The van der Waals surface area contributed by atoms with Gasteiger partial charge in [-0.2, -0.15) is 0 Å². The number of halogens is 1. The minimum atomic E-state index is -0.125. The van der Waals surface area contributed by atoms with Crippen molar-refractivity contribution < 1.29 is 0 Å². The summed E-state index contributed by atoms with van der Waals surface area (Å²) in [5.74, 6) is 0.548. The van der Waals surface area contributed by atoms with Crippen molar-refractivity contribution in [3.8, 4) is 0 Å². The van der Waals surface area contributed by atoms with Gasteiger partial charge in [0, 0.05) is 0 Å². The Morgan fingerprint density at radius 2 is 1.72 bits per heavy atom. The van der Waals surface area contributed by atoms with Gasteiger partial charge in [0.1, 0.15) is 0 Å². The molecule has 0 nitrogen and oxygen atoms in total. The van der Waals surface area contributed by atoms with Crippen LogP contribution < -0.4 is 0 Å². The van der Waals surface area contributed by atoms with Crippen LogP contribution in [-0.4, -0.2) is 0 Å². The number of hydrogen-bond acceptors (Lipinski definition) is 0. The van der Waals surface area contributed by atoms with Gasteiger partial charge in [-0.3, -0.25) is 0 Å². The van der Waals surface area contributed by atoms with Crippen LogP contribution in [0.3, 0.4) is 0 Å². The van der Waals surface area contributed by atoms with Gasteiger partial charge in [-0.15, -0.1) is 11.6 Å². The lowest BCUT2D eigenvalue weighted by molar-refractivity contribution is 0.865. The van der Waals surface area contributed by atoms with Gasteiger partial charge < -0.3 is 0 Å². The molecule has 0 fully saturated rings. The summed E-state index contributed by atoms with van der Waals surface area (Å²) in [6.07, 6.45) is 7.74. The Kier molecular flexibility index (Phi) is 5.94. The van der Waals surface area contributed by atoms with Crippen molar-refractivity contribution in [2.45, 2.75) is 32.1 Å². The first kappa shape index (κ1) is 14.8. The smallest absolute Gasteiger partial charge is 0.0835 e. The third kappa shape index (κ3) is 3.89. The number of hydrogen-bond donors (Lipinski definition) is 0. The molecule has 0 radical (unpaired) electrons. The lowest BCUT2D eigenvalue weighted by Crippen LogP contribution is -1.95. The molecule has 1 aromatic carbocycles. The van der Waals surface area contributed by atoms with Crippen LogP contribution in [0.15, 0.2) is 60.7 Å². The molecule has 0 aliphatic heterocycles. The summed E-state index contributed by atoms with van der Waals surface area (Å²) >= 11 is 6.49. The van der Waals surface area contributed by atoms with E-state index in [0.717, 1.165) is 11.1 Å². The highest BCUT2D eigenvalue weighted by Crippen LogP contribution is 2.30. The van der Waals surface area contributed by atoms with Crippen LogP contribution >= 0.6 is 11.6 Å². The van der Waals surface area contributed by atoms with Crippen LogP contribution in [0.5, 0.6) is 0 Å². The van der Waals surface area contributed by atoms with Crippen molar-refractivity contribution in [2.75, 3.05) is 0 Å². The number of alkyl halides is 1. The van der Waals surface area contributed by atoms with E-state index in [1.54, 1.807) is 6.08 Å². The maximum absolute atomic E-state index is 6.49. The summed E-state index contributed by atoms with van der Waals surface area (Å²) in [6.45, 7) is 10.1. The topological polar surface area (TPSA) is 0 Å². The van der Waals surface area contributed by atoms with Crippen molar-refractivity contribution in [2.24, 2.45) is 0 Å². The van der Waals surface area contributed by atoms with Gasteiger partial charge in [0.05, 0.1) is 5.38 Å². The zero-order valence-corrected chi connectivity index (χ0v) is 12.1. The van der Waals surface area contributed by atoms with Crippen LogP contribution in [0, 0.1) is 0 Å². The van der Waals surface area contributed by atoms with Crippen molar-refractivity contribution in [3.63, 3.8) is 0 Å². The van der Waals surface area contributed by atoms with Crippen LogP contribution in [0.25, 0.3) is 0 Å². The predicted octanol–water partition coefficient (Wildman–Crippen LogP) is 5.78. The predicted molar refractivity (Wildman–Crippen MR) is 82.2 cm³/mol. The minimum absolute atomic E-state index is 0.125. The number of allylic oxidation sites excluding steroid dienone is 5. The van der Waals surface area contributed by atoms with E-state index in [0.29, 0.717) is 5.92 Å². The summed E-state index contributed by atoms with van der Waals surface area (Å²) in [5, 5.41) is -0.125. The van der Waals surface area contributed by atoms with Crippen LogP contribution in [0.1, 0.15) is 43.2 Å². The van der Waals surface area contributed by atoms with Gasteiger partial charge >= 0.3 is 0 Å². The maximum atomic E-state index is 6.49. The molecule has 0 spiro atoms. The molecule has 0 aliphatic rings. The Morgan fingerprint density at radius 3 is 2.17 bits per heavy atom. The molecule has 96 valence electrons. The molecule has 0 heterocycles. The molecular formula is C17H21Cl. The van der Waals surface area contributed by atoms with Crippen molar-refractivity contribution in [1.82, 2.24) is 0 Å². The quantitative estimate of drug-likeness (QED) is 0.465. The first-order chi connectivity index (χ1) is 8.60. The van der Waals surface area contributed by atoms with Gasteiger partial charge in [0.2, 0.25) is 0 Å². The van der Waals surface area contributed by atoms with Crippen LogP contribution in [-0.2, 0) is 0 Å². The molecule has 1 unspecified atom stereocenters. The zero-order valence-electron chi connectivity index (χ0n) is 11.4. The molecule has 1 rings (SSSR count). The summed E-state index contributed by atoms with van der Waals surface area (Å²) in [5.41, 5.74) is 3.52. The molecule has 1 heteroatoms. The molecule has 0 aromatic heterocycles. The van der Waals surface area contributed by atoms with Crippen LogP contribution in [0.4, 0.5) is 0 Å². The number of benzene rings is 1. The van der Waals surface area contributed by atoms with E-state index in [-0.39, 0.29) is 5.38 Å². The highest BCUT2D eigenvalue weighted by molar-refractivity contribution is 6.22. The third-order valence-corrected chi connectivity index (χ3v) is 3.36. The van der Waals surface area contributed by atoms with E-state index in [4.69, 9.17) is 11.6 Å². The van der Waals surface area contributed by atoms with E-state index in [1.165, 1.54) is 5.56 Å². The third-order valence-electron chi connectivity index (χ3n) is 2.86. The Morgan fingerprint density at radius 1 is 1.17 bits per heavy atom. The average molecular weight is 261 g/mol. The van der Waals surface area contributed by atoms with Gasteiger partial charge in [0.25, 0.3) is 0 Å². The van der Waals surface area contributed by atoms with Gasteiger partial charge in [-0.25, -0.2) is 0 Å². The lowest BCUT2D eigenvalue weighted by atomic mass is 9.98. The molecule has 1 atom stereocenters. The largest absolute Gasteiger partial charge is 0.113 e. The van der Waals surface area contributed by atoms with E-state index in [2.05, 4.69) is 44.7 Å². The second kappa shape index (κ2) is 7.23. The monoisotopic (exact) mass is 260 g/mol. The van der Waals surface area contributed by atoms with Crippen LogP contribution in [0.2, 0.25) is 0 Å². The van der Waals surface area contributed by atoms with Crippen molar-refractivity contribution in [1.29, 1.82) is 0 Å². The molecule has 0 saturated carbocycles. The lowest BCUT2D eigenvalue weighted by Gasteiger charge is -2.13. The molecular weight excluding hydrogens is 240 g/mol. The minimum Gasteiger partial charge on any atom is -0.113 e. The number of rotatable bonds is 5. The summed E-state index contributed by atoms with van der Waals surface area (Å²) < 4.78 is 0. The normalized spacial score (nSPS) is 14.2. The summed E-state index contributed by atoms with van der Waals surface area (Å²) in [4.78, 5) is 0. The Labute approximate surface area is 116 Å². The van der Waals surface area contributed by atoms with E-state index < -0.39 is 0 Å². The summed E-state index contributed by atoms with van der Waals surface area (Å²) in [6, 6.07) is 8.51. The second-order valence-electron chi connectivity index (χ2n) is 4.59. The molecule has 0 bridgehead atoms.